The van der Waals surface area contributed by atoms with Crippen molar-refractivity contribution >= 4 is 5.97 Å². The molecule has 3 rings (SSSR count). The molecular weight excluding hydrogens is 453 g/mol. The fourth-order valence-corrected chi connectivity index (χ4v) is 3.84. The van der Waals surface area contributed by atoms with Gasteiger partial charge in [-0.1, -0.05) is 13.8 Å². The average molecular weight is 483 g/mol. The average Bonchev–Trinajstić information content (AvgIpc) is 3.12. The molecule has 0 spiro atoms. The standard InChI is InChI=1S/C25H28F2N2O4.Na.H/c1-15(2)25-28-23(16-3-7-18(26)8-4-16)24(17-5-9-19(27)10-6-17)29(25)12-11-20(30)13-21(31)14-22(32)33;;/h3-10,15,20-21,30-31H,11-14H2,1-2H3,(H,32,33);;/q;+1;-1. The fourth-order valence-electron chi connectivity index (χ4n) is 3.84. The maximum atomic E-state index is 13.6. The van der Waals surface area contributed by atoms with Gasteiger partial charge in [0.15, 0.2) is 0 Å². The van der Waals surface area contributed by atoms with Crippen LogP contribution in [0.25, 0.3) is 22.5 Å². The molecule has 0 saturated heterocycles. The fraction of sp³-hybridized carbons (Fsp3) is 0.360. The Balaban J connectivity index is 0.00000306. The van der Waals surface area contributed by atoms with Crippen LogP contribution in [0, 0.1) is 11.6 Å². The molecule has 0 fully saturated rings. The molecule has 0 bridgehead atoms. The van der Waals surface area contributed by atoms with Gasteiger partial charge in [-0.05, 0) is 61.4 Å². The molecule has 2 unspecified atom stereocenters. The summed E-state index contributed by atoms with van der Waals surface area (Å²) in [6, 6.07) is 12.0. The van der Waals surface area contributed by atoms with Crippen LogP contribution in [0.2, 0.25) is 0 Å². The van der Waals surface area contributed by atoms with Crippen molar-refractivity contribution in [3.8, 4) is 22.5 Å². The van der Waals surface area contributed by atoms with Crippen molar-refractivity contribution < 1.29 is 59.9 Å². The number of hydrogen-bond donors (Lipinski definition) is 3. The quantitative estimate of drug-likeness (QED) is 0.383. The van der Waals surface area contributed by atoms with Crippen molar-refractivity contribution in [1.29, 1.82) is 0 Å². The minimum absolute atomic E-state index is 0. The van der Waals surface area contributed by atoms with Crippen LogP contribution >= 0.6 is 0 Å². The van der Waals surface area contributed by atoms with Gasteiger partial charge in [0.25, 0.3) is 0 Å². The molecule has 3 aromatic rings. The minimum atomic E-state index is -1.14. The molecule has 178 valence electrons. The van der Waals surface area contributed by atoms with Gasteiger partial charge in [0.05, 0.1) is 30.0 Å². The van der Waals surface area contributed by atoms with E-state index in [1.54, 1.807) is 24.3 Å². The number of imidazole rings is 1. The van der Waals surface area contributed by atoms with Gasteiger partial charge in [-0.3, -0.25) is 4.79 Å². The zero-order valence-corrected chi connectivity index (χ0v) is 21.6. The van der Waals surface area contributed by atoms with Gasteiger partial charge in [0, 0.05) is 23.6 Å². The molecule has 34 heavy (non-hydrogen) atoms. The zero-order chi connectivity index (χ0) is 24.1. The van der Waals surface area contributed by atoms with E-state index < -0.39 is 24.6 Å². The Morgan fingerprint density at radius 1 is 0.971 bits per heavy atom. The Hall–Kier alpha value is -2.10. The third-order valence-electron chi connectivity index (χ3n) is 5.39. The van der Waals surface area contributed by atoms with Crippen molar-refractivity contribution in [3.63, 3.8) is 0 Å². The van der Waals surface area contributed by atoms with Crippen LogP contribution in [-0.4, -0.2) is 43.0 Å². The summed E-state index contributed by atoms with van der Waals surface area (Å²) >= 11 is 0. The van der Waals surface area contributed by atoms with Gasteiger partial charge < -0.3 is 21.3 Å². The van der Waals surface area contributed by atoms with E-state index in [1.807, 2.05) is 18.4 Å². The number of carbonyl (C=O) groups is 1. The predicted octanol–water partition coefficient (Wildman–Crippen LogP) is 1.71. The van der Waals surface area contributed by atoms with Crippen LogP contribution in [0.5, 0.6) is 0 Å². The first-order valence-corrected chi connectivity index (χ1v) is 10.9. The van der Waals surface area contributed by atoms with Crippen LogP contribution in [0.3, 0.4) is 0 Å². The Bertz CT molecular complexity index is 1090. The molecule has 1 aromatic heterocycles. The van der Waals surface area contributed by atoms with E-state index >= 15 is 0 Å². The number of benzene rings is 2. The first kappa shape index (κ1) is 28.1. The summed E-state index contributed by atoms with van der Waals surface area (Å²) in [5.41, 5.74) is 2.75. The summed E-state index contributed by atoms with van der Waals surface area (Å²) in [5.74, 6) is -1.11. The van der Waals surface area contributed by atoms with Gasteiger partial charge in [-0.2, -0.15) is 0 Å². The molecule has 0 aliphatic heterocycles. The number of aliphatic hydroxyl groups is 2. The second-order valence-corrected chi connectivity index (χ2v) is 8.42. The molecule has 2 atom stereocenters. The van der Waals surface area contributed by atoms with Crippen molar-refractivity contribution in [3.05, 3.63) is 66.0 Å². The summed E-state index contributed by atoms with van der Waals surface area (Å²) < 4.78 is 29.1. The Morgan fingerprint density at radius 2 is 1.50 bits per heavy atom. The third-order valence-corrected chi connectivity index (χ3v) is 5.39. The smallest absolute Gasteiger partial charge is 1.00 e. The molecule has 2 aromatic carbocycles. The Morgan fingerprint density at radius 3 is 2.00 bits per heavy atom. The summed E-state index contributed by atoms with van der Waals surface area (Å²) in [5, 5.41) is 29.0. The van der Waals surface area contributed by atoms with E-state index in [1.165, 1.54) is 24.3 Å². The largest absolute Gasteiger partial charge is 1.00 e. The molecule has 9 heteroatoms. The van der Waals surface area contributed by atoms with E-state index in [-0.39, 0.29) is 61.4 Å². The van der Waals surface area contributed by atoms with E-state index in [9.17, 15) is 23.8 Å². The molecule has 3 N–H and O–H groups in total. The van der Waals surface area contributed by atoms with Gasteiger partial charge in [-0.15, -0.1) is 0 Å². The van der Waals surface area contributed by atoms with Gasteiger partial charge in [0.2, 0.25) is 0 Å². The number of aromatic nitrogens is 2. The van der Waals surface area contributed by atoms with Crippen LogP contribution < -0.4 is 29.6 Å². The summed E-state index contributed by atoms with van der Waals surface area (Å²) in [7, 11) is 0. The minimum Gasteiger partial charge on any atom is -1.00 e. The molecule has 0 amide bonds. The van der Waals surface area contributed by atoms with Crippen LogP contribution in [0.15, 0.2) is 48.5 Å². The molecule has 6 nitrogen and oxygen atoms in total. The predicted molar refractivity (Wildman–Crippen MR) is 122 cm³/mol. The normalized spacial score (nSPS) is 12.9. The second-order valence-electron chi connectivity index (χ2n) is 8.42. The first-order valence-electron chi connectivity index (χ1n) is 10.9. The van der Waals surface area contributed by atoms with Crippen molar-refractivity contribution in [2.45, 2.75) is 57.8 Å². The number of carboxylic acids is 1. The molecular formula is C25H29F2N2NaO4. The zero-order valence-electron chi connectivity index (χ0n) is 20.6. The van der Waals surface area contributed by atoms with Crippen LogP contribution in [0.1, 0.15) is 46.3 Å². The number of hydrogen-bond acceptors (Lipinski definition) is 4. The number of carboxylic acid groups (broad SMARTS) is 1. The number of halogens is 2. The molecule has 1 heterocycles. The summed E-state index contributed by atoms with van der Waals surface area (Å²) in [6.45, 7) is 4.30. The van der Waals surface area contributed by atoms with E-state index in [2.05, 4.69) is 0 Å². The Labute approximate surface area is 221 Å². The van der Waals surface area contributed by atoms with Crippen LogP contribution in [0.4, 0.5) is 8.78 Å². The second kappa shape index (κ2) is 12.6. The molecule has 0 saturated carbocycles. The van der Waals surface area contributed by atoms with E-state index in [0.29, 0.717) is 23.5 Å². The topological polar surface area (TPSA) is 95.6 Å². The molecule has 0 aliphatic rings. The van der Waals surface area contributed by atoms with Gasteiger partial charge in [-0.25, -0.2) is 13.8 Å². The number of aliphatic carboxylic acids is 1. The van der Waals surface area contributed by atoms with Gasteiger partial charge in [0.1, 0.15) is 17.5 Å². The number of rotatable bonds is 10. The molecule has 0 radical (unpaired) electrons. The number of nitrogens with zero attached hydrogens (tertiary/aromatic N) is 2. The third kappa shape index (κ3) is 7.20. The first-order chi connectivity index (χ1) is 15.7. The Kier molecular flexibility index (Phi) is 10.4. The van der Waals surface area contributed by atoms with E-state index in [4.69, 9.17) is 10.1 Å². The van der Waals surface area contributed by atoms with Crippen molar-refractivity contribution in [2.24, 2.45) is 0 Å². The summed E-state index contributed by atoms with van der Waals surface area (Å²) in [4.78, 5) is 15.6. The van der Waals surface area contributed by atoms with Crippen LogP contribution in [-0.2, 0) is 11.3 Å². The van der Waals surface area contributed by atoms with Crippen molar-refractivity contribution in [1.82, 2.24) is 9.55 Å². The SMILES string of the molecule is CC(C)c1nc(-c2ccc(F)cc2)c(-c2ccc(F)cc2)n1CCC(O)CC(O)CC(=O)O.[H-].[Na+]. The number of aliphatic hydroxyl groups excluding tert-OH is 2. The van der Waals surface area contributed by atoms with E-state index in [0.717, 1.165) is 11.4 Å². The summed E-state index contributed by atoms with van der Waals surface area (Å²) in [6.07, 6.45) is -2.30. The monoisotopic (exact) mass is 482 g/mol. The van der Waals surface area contributed by atoms with Crippen molar-refractivity contribution in [2.75, 3.05) is 0 Å². The van der Waals surface area contributed by atoms with Gasteiger partial charge >= 0.3 is 35.5 Å². The maximum absolute atomic E-state index is 13.6. The maximum Gasteiger partial charge on any atom is 1.00 e. The molecule has 0 aliphatic carbocycles.